The van der Waals surface area contributed by atoms with E-state index in [0.717, 1.165) is 5.56 Å². The van der Waals surface area contributed by atoms with Gasteiger partial charge in [-0.1, -0.05) is 24.3 Å². The Morgan fingerprint density at radius 1 is 1.03 bits per heavy atom. The van der Waals surface area contributed by atoms with Gasteiger partial charge in [0.05, 0.1) is 25.9 Å². The molecule has 2 heterocycles. The topological polar surface area (TPSA) is 93.2 Å². The number of esters is 1. The van der Waals surface area contributed by atoms with Crippen LogP contribution in [0, 0.1) is 0 Å². The summed E-state index contributed by atoms with van der Waals surface area (Å²) in [7, 11) is 1.27. The first kappa shape index (κ1) is 19.6. The number of carbonyl (C=O) groups is 4. The van der Waals surface area contributed by atoms with Crippen molar-refractivity contribution in [2.75, 3.05) is 18.6 Å². The van der Waals surface area contributed by atoms with E-state index in [1.165, 1.54) is 16.9 Å². The van der Waals surface area contributed by atoms with Crippen molar-refractivity contribution in [2.45, 2.75) is 25.5 Å². The van der Waals surface area contributed by atoms with E-state index in [-0.39, 0.29) is 43.7 Å². The van der Waals surface area contributed by atoms with Gasteiger partial charge in [-0.05, 0) is 29.8 Å². The van der Waals surface area contributed by atoms with Crippen molar-refractivity contribution in [3.8, 4) is 5.75 Å². The fraction of sp³-hybridized carbons (Fsp3) is 0.273. The lowest BCUT2D eigenvalue weighted by atomic mass is 10.1. The highest BCUT2D eigenvalue weighted by atomic mass is 16.6. The first-order chi connectivity index (χ1) is 14.5. The molecule has 2 aliphatic rings. The minimum absolute atomic E-state index is 0.0288. The molecule has 3 amide bonds. The molecular formula is C22H20N2O6. The van der Waals surface area contributed by atoms with Crippen molar-refractivity contribution in [1.82, 2.24) is 4.90 Å². The summed E-state index contributed by atoms with van der Waals surface area (Å²) in [4.78, 5) is 51.5. The predicted molar refractivity (Wildman–Crippen MR) is 106 cm³/mol. The van der Waals surface area contributed by atoms with E-state index in [2.05, 4.69) is 0 Å². The number of likely N-dealkylation sites (tertiary alicyclic amines) is 1. The number of benzene rings is 2. The predicted octanol–water partition coefficient (Wildman–Crippen LogP) is 1.92. The van der Waals surface area contributed by atoms with Gasteiger partial charge in [-0.2, -0.15) is 0 Å². The highest BCUT2D eigenvalue weighted by Gasteiger charge is 2.35. The van der Waals surface area contributed by atoms with E-state index in [0.29, 0.717) is 17.0 Å². The highest BCUT2D eigenvalue weighted by Crippen LogP contribution is 2.34. The van der Waals surface area contributed by atoms with Gasteiger partial charge in [-0.15, -0.1) is 0 Å². The lowest BCUT2D eigenvalue weighted by Gasteiger charge is -2.33. The van der Waals surface area contributed by atoms with E-state index in [1.54, 1.807) is 48.5 Å². The summed E-state index contributed by atoms with van der Waals surface area (Å²) < 4.78 is 10.4. The fourth-order valence-electron chi connectivity index (χ4n) is 3.57. The number of para-hydroxylation sites is 2. The highest BCUT2D eigenvalue weighted by molar-refractivity contribution is 6.07. The first-order valence-corrected chi connectivity index (χ1v) is 9.55. The quantitative estimate of drug-likeness (QED) is 0.567. The molecule has 30 heavy (non-hydrogen) atoms. The summed E-state index contributed by atoms with van der Waals surface area (Å²) in [6, 6.07) is 13.7. The van der Waals surface area contributed by atoms with Crippen LogP contribution in [-0.2, 0) is 25.7 Å². The number of hydrogen-bond acceptors (Lipinski definition) is 6. The number of hydrogen-bond donors (Lipinski definition) is 0. The van der Waals surface area contributed by atoms with Crippen LogP contribution in [0.3, 0.4) is 0 Å². The Kier molecular flexibility index (Phi) is 5.22. The Morgan fingerprint density at radius 3 is 2.37 bits per heavy atom. The molecule has 2 aliphatic heterocycles. The Bertz CT molecular complexity index is 1000. The SMILES string of the molecule is COC(=O)[C@@H]1CN(C(=O)c2ccc(CN3C(=O)CCC3=O)cc2)c2ccccc2O1. The van der Waals surface area contributed by atoms with Gasteiger partial charge in [-0.3, -0.25) is 19.3 Å². The molecular weight excluding hydrogens is 388 g/mol. The molecule has 2 aromatic rings. The Labute approximate surface area is 173 Å². The van der Waals surface area contributed by atoms with Crippen LogP contribution in [-0.4, -0.2) is 48.3 Å². The summed E-state index contributed by atoms with van der Waals surface area (Å²) in [6.45, 7) is 0.220. The molecule has 1 saturated heterocycles. The van der Waals surface area contributed by atoms with E-state index >= 15 is 0 Å². The zero-order chi connectivity index (χ0) is 21.3. The van der Waals surface area contributed by atoms with E-state index in [1.807, 2.05) is 0 Å². The average molecular weight is 408 g/mol. The summed E-state index contributed by atoms with van der Waals surface area (Å²) in [5.74, 6) is -0.787. The van der Waals surface area contributed by atoms with Crippen molar-refractivity contribution in [3.63, 3.8) is 0 Å². The maximum Gasteiger partial charge on any atom is 0.348 e. The Hall–Kier alpha value is -3.68. The Morgan fingerprint density at radius 2 is 1.70 bits per heavy atom. The summed E-state index contributed by atoms with van der Waals surface area (Å²) in [5.41, 5.74) is 1.74. The molecule has 2 aromatic carbocycles. The largest absolute Gasteiger partial charge is 0.475 e. The molecule has 0 saturated carbocycles. The Balaban J connectivity index is 1.55. The van der Waals surface area contributed by atoms with Gasteiger partial charge in [0.1, 0.15) is 5.75 Å². The average Bonchev–Trinajstić information content (AvgIpc) is 3.09. The number of rotatable bonds is 4. The van der Waals surface area contributed by atoms with Gasteiger partial charge in [-0.25, -0.2) is 4.79 Å². The fourth-order valence-corrected chi connectivity index (χ4v) is 3.57. The van der Waals surface area contributed by atoms with Crippen molar-refractivity contribution in [2.24, 2.45) is 0 Å². The molecule has 8 nitrogen and oxygen atoms in total. The molecule has 4 rings (SSSR count). The van der Waals surface area contributed by atoms with Crippen LogP contribution < -0.4 is 9.64 Å². The van der Waals surface area contributed by atoms with Crippen molar-refractivity contribution >= 4 is 29.4 Å². The van der Waals surface area contributed by atoms with Crippen LogP contribution in [0.4, 0.5) is 5.69 Å². The molecule has 154 valence electrons. The van der Waals surface area contributed by atoms with Crippen molar-refractivity contribution in [1.29, 1.82) is 0 Å². The van der Waals surface area contributed by atoms with Gasteiger partial charge in [0.15, 0.2) is 0 Å². The van der Waals surface area contributed by atoms with Gasteiger partial charge < -0.3 is 14.4 Å². The second kappa shape index (κ2) is 7.98. The van der Waals surface area contributed by atoms with Gasteiger partial charge in [0, 0.05) is 18.4 Å². The molecule has 8 heteroatoms. The van der Waals surface area contributed by atoms with Crippen molar-refractivity contribution in [3.05, 3.63) is 59.7 Å². The minimum atomic E-state index is -0.916. The molecule has 0 bridgehead atoms. The molecule has 0 spiro atoms. The first-order valence-electron chi connectivity index (χ1n) is 9.55. The zero-order valence-electron chi connectivity index (χ0n) is 16.4. The lowest BCUT2D eigenvalue weighted by Crippen LogP contribution is -2.47. The maximum absolute atomic E-state index is 13.2. The van der Waals surface area contributed by atoms with Gasteiger partial charge >= 0.3 is 5.97 Å². The smallest absolute Gasteiger partial charge is 0.348 e. The van der Waals surface area contributed by atoms with Crippen LogP contribution >= 0.6 is 0 Å². The number of anilines is 1. The molecule has 1 fully saturated rings. The van der Waals surface area contributed by atoms with Crippen LogP contribution in [0.2, 0.25) is 0 Å². The molecule has 0 radical (unpaired) electrons. The number of fused-ring (bicyclic) bond motifs is 1. The number of ether oxygens (including phenoxy) is 2. The number of carbonyl (C=O) groups excluding carboxylic acids is 4. The maximum atomic E-state index is 13.2. The summed E-state index contributed by atoms with van der Waals surface area (Å²) in [6.07, 6.45) is -0.430. The van der Waals surface area contributed by atoms with E-state index < -0.39 is 12.1 Å². The van der Waals surface area contributed by atoms with Crippen LogP contribution in [0.1, 0.15) is 28.8 Å². The second-order valence-corrected chi connectivity index (χ2v) is 7.08. The third-order valence-corrected chi connectivity index (χ3v) is 5.18. The molecule has 0 aliphatic carbocycles. The van der Waals surface area contributed by atoms with Crippen LogP contribution in [0.5, 0.6) is 5.75 Å². The van der Waals surface area contributed by atoms with Gasteiger partial charge in [0.25, 0.3) is 5.91 Å². The second-order valence-electron chi connectivity index (χ2n) is 7.08. The zero-order valence-corrected chi connectivity index (χ0v) is 16.4. The molecule has 0 unspecified atom stereocenters. The number of imide groups is 1. The van der Waals surface area contributed by atoms with Crippen LogP contribution in [0.25, 0.3) is 0 Å². The minimum Gasteiger partial charge on any atom is -0.475 e. The van der Waals surface area contributed by atoms with E-state index in [9.17, 15) is 19.2 Å². The molecule has 1 atom stereocenters. The summed E-state index contributed by atoms with van der Waals surface area (Å²) in [5, 5.41) is 0. The van der Waals surface area contributed by atoms with Gasteiger partial charge in [0.2, 0.25) is 17.9 Å². The number of methoxy groups -OCH3 is 1. The lowest BCUT2D eigenvalue weighted by molar-refractivity contribution is -0.148. The molecule has 0 aromatic heterocycles. The van der Waals surface area contributed by atoms with Crippen molar-refractivity contribution < 1.29 is 28.7 Å². The molecule has 0 N–H and O–H groups in total. The summed E-state index contributed by atoms with van der Waals surface area (Å²) >= 11 is 0. The normalized spacial score (nSPS) is 18.1. The number of amides is 3. The standard InChI is InChI=1S/C22H20N2O6/c1-29-22(28)18-13-23(16-4-2-3-5-17(16)30-18)21(27)15-8-6-14(7-9-15)12-24-19(25)10-11-20(24)26/h2-9,18H,10-13H2,1H3/t18-/m0/s1. The number of nitrogens with zero attached hydrogens (tertiary/aromatic N) is 2. The monoisotopic (exact) mass is 408 g/mol. The van der Waals surface area contributed by atoms with E-state index in [4.69, 9.17) is 9.47 Å². The third-order valence-electron chi connectivity index (χ3n) is 5.18. The third kappa shape index (κ3) is 3.63. The van der Waals surface area contributed by atoms with Crippen LogP contribution in [0.15, 0.2) is 48.5 Å².